The van der Waals surface area contributed by atoms with Crippen LogP contribution in [0.3, 0.4) is 0 Å². The van der Waals surface area contributed by atoms with Crippen LogP contribution in [0.25, 0.3) is 5.65 Å². The molecule has 1 aromatic carbocycles. The number of carbonyl (C=O) groups excluding carboxylic acids is 1. The van der Waals surface area contributed by atoms with Crippen molar-refractivity contribution in [1.29, 1.82) is 0 Å². The summed E-state index contributed by atoms with van der Waals surface area (Å²) in [6.45, 7) is 2.42. The van der Waals surface area contributed by atoms with E-state index >= 15 is 0 Å². The fraction of sp³-hybridized carbons (Fsp3) is 0.350. The van der Waals surface area contributed by atoms with E-state index in [0.29, 0.717) is 34.5 Å². The van der Waals surface area contributed by atoms with Crippen LogP contribution in [0.1, 0.15) is 44.6 Å². The third-order valence-electron chi connectivity index (χ3n) is 4.49. The van der Waals surface area contributed by atoms with Gasteiger partial charge in [-0.15, -0.1) is 0 Å². The summed E-state index contributed by atoms with van der Waals surface area (Å²) in [5.74, 6) is 0.326. The number of anilines is 1. The van der Waals surface area contributed by atoms with Gasteiger partial charge >= 0.3 is 5.69 Å². The quantitative estimate of drug-likeness (QED) is 0.534. The highest BCUT2D eigenvalue weighted by molar-refractivity contribution is 6.42. The fourth-order valence-electron chi connectivity index (χ4n) is 2.99. The molecule has 2 aromatic heterocycles. The Morgan fingerprint density at radius 2 is 1.93 bits per heavy atom. The minimum Gasteiger partial charge on any atom is -0.312 e. The Hall–Kier alpha value is -2.31. The first kappa shape index (κ1) is 20.4. The first-order valence-corrected chi connectivity index (χ1v) is 10.1. The van der Waals surface area contributed by atoms with Gasteiger partial charge in [0.15, 0.2) is 0 Å². The Balaban J connectivity index is 1.80. The van der Waals surface area contributed by atoms with Crippen molar-refractivity contribution < 1.29 is 4.79 Å². The van der Waals surface area contributed by atoms with Gasteiger partial charge in [-0.25, -0.2) is 14.2 Å². The average Bonchev–Trinajstić information content (AvgIpc) is 3.07. The molecule has 28 heavy (non-hydrogen) atoms. The standard InChI is InChI=1S/C20H22Cl2N4O2/c1-2-3-4-5-6-19(27)24-18-10-9-17-23-13-25(20(28)26(17)18)12-14-7-8-15(21)16(22)11-14/h7-11,13H,2-6,12H2,1H3,(H,24,27). The van der Waals surface area contributed by atoms with Crippen LogP contribution in [-0.2, 0) is 11.3 Å². The molecule has 2 heterocycles. The normalized spacial score (nSPS) is 11.1. The predicted octanol–water partition coefficient (Wildman–Crippen LogP) is 4.76. The summed E-state index contributed by atoms with van der Waals surface area (Å²) in [4.78, 5) is 29.4. The zero-order valence-electron chi connectivity index (χ0n) is 15.6. The molecule has 1 N–H and O–H groups in total. The summed E-state index contributed by atoms with van der Waals surface area (Å²) in [5, 5.41) is 3.71. The molecule has 3 rings (SSSR count). The van der Waals surface area contributed by atoms with E-state index in [-0.39, 0.29) is 11.6 Å². The first-order valence-electron chi connectivity index (χ1n) is 9.30. The molecule has 0 fully saturated rings. The molecule has 8 heteroatoms. The van der Waals surface area contributed by atoms with Crippen LogP contribution in [0.15, 0.2) is 41.5 Å². The van der Waals surface area contributed by atoms with Crippen molar-refractivity contribution in [3.63, 3.8) is 0 Å². The number of halogens is 2. The summed E-state index contributed by atoms with van der Waals surface area (Å²) in [6, 6.07) is 8.61. The molecule has 0 aliphatic rings. The molecule has 0 spiro atoms. The lowest BCUT2D eigenvalue weighted by Gasteiger charge is -2.09. The number of nitrogens with one attached hydrogen (secondary N) is 1. The van der Waals surface area contributed by atoms with Gasteiger partial charge in [0.2, 0.25) is 5.91 Å². The molecular weight excluding hydrogens is 399 g/mol. The van der Waals surface area contributed by atoms with Gasteiger partial charge in [-0.1, -0.05) is 55.5 Å². The van der Waals surface area contributed by atoms with E-state index in [1.54, 1.807) is 30.3 Å². The maximum absolute atomic E-state index is 12.9. The van der Waals surface area contributed by atoms with Crippen LogP contribution >= 0.6 is 23.2 Å². The van der Waals surface area contributed by atoms with Crippen LogP contribution in [0.4, 0.5) is 5.82 Å². The number of aromatic nitrogens is 3. The molecule has 0 radical (unpaired) electrons. The number of unbranched alkanes of at least 4 members (excludes halogenated alkanes) is 3. The van der Waals surface area contributed by atoms with Gasteiger partial charge in [-0.2, -0.15) is 0 Å². The largest absolute Gasteiger partial charge is 0.337 e. The van der Waals surface area contributed by atoms with Gasteiger partial charge in [0, 0.05) is 6.42 Å². The lowest BCUT2D eigenvalue weighted by atomic mass is 10.1. The Labute approximate surface area is 173 Å². The smallest absolute Gasteiger partial charge is 0.312 e. The minimum atomic E-state index is -0.289. The van der Waals surface area contributed by atoms with Crippen molar-refractivity contribution in [3.8, 4) is 0 Å². The molecule has 1 amide bonds. The number of nitrogens with zero attached hydrogens (tertiary/aromatic N) is 3. The maximum Gasteiger partial charge on any atom is 0.337 e. The zero-order valence-corrected chi connectivity index (χ0v) is 17.1. The summed E-state index contributed by atoms with van der Waals surface area (Å²) < 4.78 is 2.87. The van der Waals surface area contributed by atoms with E-state index in [0.717, 1.165) is 31.2 Å². The Morgan fingerprint density at radius 1 is 1.11 bits per heavy atom. The average molecular weight is 421 g/mol. The van der Waals surface area contributed by atoms with Crippen molar-refractivity contribution in [3.05, 3.63) is 62.8 Å². The van der Waals surface area contributed by atoms with Gasteiger partial charge in [0.25, 0.3) is 0 Å². The highest BCUT2D eigenvalue weighted by Crippen LogP contribution is 2.22. The second kappa shape index (κ2) is 9.26. The van der Waals surface area contributed by atoms with Crippen LogP contribution in [0.2, 0.25) is 10.0 Å². The van der Waals surface area contributed by atoms with Crippen molar-refractivity contribution in [2.75, 3.05) is 5.32 Å². The Bertz CT molecular complexity index is 1040. The van der Waals surface area contributed by atoms with Gasteiger partial charge in [-0.05, 0) is 36.2 Å². The molecule has 0 aliphatic carbocycles. The number of hydrogen-bond donors (Lipinski definition) is 1. The van der Waals surface area contributed by atoms with Crippen LogP contribution in [0.5, 0.6) is 0 Å². The molecule has 0 atom stereocenters. The molecule has 0 bridgehead atoms. The summed E-state index contributed by atoms with van der Waals surface area (Å²) >= 11 is 12.0. The van der Waals surface area contributed by atoms with Crippen molar-refractivity contribution in [1.82, 2.24) is 14.0 Å². The molecular formula is C20H22Cl2N4O2. The van der Waals surface area contributed by atoms with E-state index in [1.165, 1.54) is 15.3 Å². The molecule has 0 unspecified atom stereocenters. The topological polar surface area (TPSA) is 68.4 Å². The number of carbonyl (C=O) groups is 1. The predicted molar refractivity (Wildman–Crippen MR) is 112 cm³/mol. The lowest BCUT2D eigenvalue weighted by Crippen LogP contribution is -2.29. The number of hydrogen-bond acceptors (Lipinski definition) is 3. The van der Waals surface area contributed by atoms with E-state index in [1.807, 2.05) is 0 Å². The van der Waals surface area contributed by atoms with Gasteiger partial charge in [0.1, 0.15) is 17.8 Å². The van der Waals surface area contributed by atoms with Crippen LogP contribution in [0, 0.1) is 0 Å². The molecule has 0 saturated heterocycles. The first-order chi connectivity index (χ1) is 13.5. The van der Waals surface area contributed by atoms with Crippen LogP contribution in [-0.4, -0.2) is 19.9 Å². The van der Waals surface area contributed by atoms with Gasteiger partial charge < -0.3 is 5.32 Å². The number of benzene rings is 1. The van der Waals surface area contributed by atoms with Crippen molar-refractivity contribution in [2.45, 2.75) is 45.6 Å². The van der Waals surface area contributed by atoms with E-state index < -0.39 is 0 Å². The van der Waals surface area contributed by atoms with E-state index in [9.17, 15) is 9.59 Å². The molecule has 0 saturated carbocycles. The summed E-state index contributed by atoms with van der Waals surface area (Å²) in [7, 11) is 0. The second-order valence-corrected chi connectivity index (χ2v) is 7.49. The molecule has 3 aromatic rings. The SMILES string of the molecule is CCCCCCC(=O)Nc1ccc2ncn(Cc3ccc(Cl)c(Cl)c3)c(=O)n12. The number of fused-ring (bicyclic) bond motifs is 1. The molecule has 6 nitrogen and oxygen atoms in total. The van der Waals surface area contributed by atoms with Gasteiger partial charge in [-0.3, -0.25) is 9.36 Å². The third kappa shape index (κ3) is 4.75. The van der Waals surface area contributed by atoms with E-state index in [4.69, 9.17) is 23.2 Å². The van der Waals surface area contributed by atoms with Crippen LogP contribution < -0.4 is 11.0 Å². The minimum absolute atomic E-state index is 0.101. The van der Waals surface area contributed by atoms with Crippen molar-refractivity contribution in [2.24, 2.45) is 0 Å². The zero-order chi connectivity index (χ0) is 20.1. The van der Waals surface area contributed by atoms with E-state index in [2.05, 4.69) is 17.2 Å². The van der Waals surface area contributed by atoms with Crippen molar-refractivity contribution >= 4 is 40.6 Å². The fourth-order valence-corrected chi connectivity index (χ4v) is 3.31. The second-order valence-electron chi connectivity index (χ2n) is 6.67. The highest BCUT2D eigenvalue weighted by atomic mass is 35.5. The lowest BCUT2D eigenvalue weighted by molar-refractivity contribution is -0.116. The Morgan fingerprint density at radius 3 is 2.68 bits per heavy atom. The number of rotatable bonds is 8. The third-order valence-corrected chi connectivity index (χ3v) is 5.23. The Kier molecular flexibility index (Phi) is 6.75. The highest BCUT2D eigenvalue weighted by Gasteiger charge is 2.12. The molecule has 148 valence electrons. The monoisotopic (exact) mass is 420 g/mol. The van der Waals surface area contributed by atoms with Gasteiger partial charge in [0.05, 0.1) is 16.6 Å². The summed E-state index contributed by atoms with van der Waals surface area (Å²) in [6.07, 6.45) is 6.01. The molecule has 0 aliphatic heterocycles. The maximum atomic E-state index is 12.9. The summed E-state index contributed by atoms with van der Waals surface area (Å²) in [5.41, 5.74) is 1.02. The number of amides is 1.